The molecule has 0 spiro atoms. The molecule has 2 nitrogen and oxygen atoms in total. The molecule has 1 saturated heterocycles. The molecule has 0 radical (unpaired) electrons. The van der Waals surface area contributed by atoms with Crippen molar-refractivity contribution in [1.82, 2.24) is 4.90 Å². The van der Waals surface area contributed by atoms with Crippen molar-refractivity contribution in [3.05, 3.63) is 48.0 Å². The molecule has 0 aromatic heterocycles. The van der Waals surface area contributed by atoms with Crippen LogP contribution in [-0.2, 0) is 0 Å². The zero-order valence-electron chi connectivity index (χ0n) is 11.0. The Bertz CT molecular complexity index is 440. The molecule has 0 amide bonds. The van der Waals surface area contributed by atoms with Gasteiger partial charge in [-0.25, -0.2) is 0 Å². The fourth-order valence-corrected chi connectivity index (χ4v) is 3.38. The molecule has 0 saturated carbocycles. The molecular weight excluding hydrogens is 220 g/mol. The van der Waals surface area contributed by atoms with E-state index in [1.807, 2.05) is 0 Å². The van der Waals surface area contributed by atoms with Crippen LogP contribution in [0.15, 0.2) is 42.5 Å². The van der Waals surface area contributed by atoms with E-state index in [0.29, 0.717) is 12.0 Å². The van der Waals surface area contributed by atoms with E-state index in [1.165, 1.54) is 5.56 Å². The van der Waals surface area contributed by atoms with Crippen molar-refractivity contribution in [3.8, 4) is 0 Å². The van der Waals surface area contributed by atoms with Crippen LogP contribution >= 0.6 is 0 Å². The largest absolute Gasteiger partial charge is 0.323 e. The number of likely N-dealkylation sites (tertiary alicyclic amines) is 1. The zero-order valence-corrected chi connectivity index (χ0v) is 11.0. The molecular formula is C16H22N2. The summed E-state index contributed by atoms with van der Waals surface area (Å²) < 4.78 is 0. The highest BCUT2D eigenvalue weighted by molar-refractivity contribution is 5.20. The van der Waals surface area contributed by atoms with E-state index in [2.05, 4.69) is 54.3 Å². The van der Waals surface area contributed by atoms with Crippen LogP contribution in [0.25, 0.3) is 0 Å². The highest BCUT2D eigenvalue weighted by Gasteiger charge is 2.44. The van der Waals surface area contributed by atoms with Crippen molar-refractivity contribution in [1.29, 1.82) is 0 Å². The first kappa shape index (κ1) is 11.9. The van der Waals surface area contributed by atoms with Gasteiger partial charge in [-0.15, -0.1) is 0 Å². The van der Waals surface area contributed by atoms with E-state index < -0.39 is 0 Å². The van der Waals surface area contributed by atoms with Crippen LogP contribution in [0, 0.1) is 5.92 Å². The molecule has 2 aliphatic rings. The summed E-state index contributed by atoms with van der Waals surface area (Å²) in [6, 6.07) is 11.2. The first-order valence-electron chi connectivity index (χ1n) is 6.92. The highest BCUT2D eigenvalue weighted by Crippen LogP contribution is 2.38. The van der Waals surface area contributed by atoms with Crippen molar-refractivity contribution in [2.75, 3.05) is 13.1 Å². The first-order chi connectivity index (χ1) is 8.69. The van der Waals surface area contributed by atoms with Gasteiger partial charge in [0, 0.05) is 24.7 Å². The van der Waals surface area contributed by atoms with Gasteiger partial charge in [-0.1, -0.05) is 42.5 Å². The predicted octanol–water partition coefficient (Wildman–Crippen LogP) is 2.73. The van der Waals surface area contributed by atoms with Gasteiger partial charge in [0.05, 0.1) is 0 Å². The molecule has 1 fully saturated rings. The van der Waals surface area contributed by atoms with Crippen LogP contribution in [0.4, 0.5) is 0 Å². The third-order valence-corrected chi connectivity index (χ3v) is 4.68. The molecule has 1 aromatic rings. The SMILES string of the molecule is C[C@H](c1ccccc1)N1C[C@@H]2CC=CC[C@@]2(N)C1. The molecule has 2 N–H and O–H groups in total. The van der Waals surface area contributed by atoms with Crippen molar-refractivity contribution < 1.29 is 0 Å². The van der Waals surface area contributed by atoms with E-state index in [4.69, 9.17) is 5.73 Å². The maximum atomic E-state index is 6.58. The predicted molar refractivity (Wildman–Crippen MR) is 75.2 cm³/mol. The van der Waals surface area contributed by atoms with Gasteiger partial charge in [0.2, 0.25) is 0 Å². The number of rotatable bonds is 2. The van der Waals surface area contributed by atoms with Crippen LogP contribution in [-0.4, -0.2) is 23.5 Å². The van der Waals surface area contributed by atoms with E-state index in [-0.39, 0.29) is 5.54 Å². The van der Waals surface area contributed by atoms with E-state index >= 15 is 0 Å². The average molecular weight is 242 g/mol. The van der Waals surface area contributed by atoms with Crippen LogP contribution in [0.1, 0.15) is 31.4 Å². The Kier molecular flexibility index (Phi) is 3.00. The van der Waals surface area contributed by atoms with Crippen LogP contribution in [0.5, 0.6) is 0 Å². The van der Waals surface area contributed by atoms with Crippen LogP contribution in [0.3, 0.4) is 0 Å². The van der Waals surface area contributed by atoms with Gasteiger partial charge in [-0.3, -0.25) is 4.90 Å². The molecule has 2 heteroatoms. The lowest BCUT2D eigenvalue weighted by molar-refractivity contribution is 0.244. The second-order valence-electron chi connectivity index (χ2n) is 5.86. The van der Waals surface area contributed by atoms with Crippen molar-refractivity contribution in [3.63, 3.8) is 0 Å². The maximum Gasteiger partial charge on any atom is 0.0362 e. The quantitative estimate of drug-likeness (QED) is 0.808. The molecule has 96 valence electrons. The third kappa shape index (κ3) is 2.00. The van der Waals surface area contributed by atoms with E-state index in [9.17, 15) is 0 Å². The minimum Gasteiger partial charge on any atom is -0.323 e. The van der Waals surface area contributed by atoms with Crippen molar-refractivity contribution >= 4 is 0 Å². The lowest BCUT2D eigenvalue weighted by Gasteiger charge is -2.32. The summed E-state index contributed by atoms with van der Waals surface area (Å²) in [6.45, 7) is 4.46. The summed E-state index contributed by atoms with van der Waals surface area (Å²) >= 11 is 0. The molecule has 1 aliphatic carbocycles. The third-order valence-electron chi connectivity index (χ3n) is 4.68. The molecule has 18 heavy (non-hydrogen) atoms. The van der Waals surface area contributed by atoms with Gasteiger partial charge in [0.15, 0.2) is 0 Å². The number of benzene rings is 1. The number of allylic oxidation sites excluding steroid dienone is 1. The number of nitrogens with zero attached hydrogens (tertiary/aromatic N) is 1. The van der Waals surface area contributed by atoms with Crippen molar-refractivity contribution in [2.45, 2.75) is 31.3 Å². The Morgan fingerprint density at radius 3 is 2.78 bits per heavy atom. The van der Waals surface area contributed by atoms with Crippen LogP contribution in [0.2, 0.25) is 0 Å². The van der Waals surface area contributed by atoms with Crippen molar-refractivity contribution in [2.24, 2.45) is 11.7 Å². The summed E-state index contributed by atoms with van der Waals surface area (Å²) in [5.41, 5.74) is 7.99. The number of hydrogen-bond donors (Lipinski definition) is 1. The van der Waals surface area contributed by atoms with Gasteiger partial charge < -0.3 is 5.73 Å². The normalized spacial score (nSPS) is 33.3. The van der Waals surface area contributed by atoms with Gasteiger partial charge in [-0.2, -0.15) is 0 Å². The topological polar surface area (TPSA) is 29.3 Å². The molecule has 3 atom stereocenters. The Morgan fingerprint density at radius 2 is 2.06 bits per heavy atom. The summed E-state index contributed by atoms with van der Waals surface area (Å²) in [4.78, 5) is 2.55. The fourth-order valence-electron chi connectivity index (χ4n) is 3.38. The Labute approximate surface area is 109 Å². The lowest BCUT2D eigenvalue weighted by atomic mass is 9.79. The first-order valence-corrected chi connectivity index (χ1v) is 6.92. The minimum absolute atomic E-state index is 0.0117. The second kappa shape index (κ2) is 4.52. The number of nitrogens with two attached hydrogens (primary N) is 1. The standard InChI is InChI=1S/C16H22N2/c1-13(14-7-3-2-4-8-14)18-11-15-9-5-6-10-16(15,17)12-18/h2-8,13,15H,9-12,17H2,1H3/t13-,15+,16-/m1/s1. The Hall–Kier alpha value is -1.12. The number of fused-ring (bicyclic) bond motifs is 1. The second-order valence-corrected chi connectivity index (χ2v) is 5.86. The molecule has 0 bridgehead atoms. The monoisotopic (exact) mass is 242 g/mol. The fraction of sp³-hybridized carbons (Fsp3) is 0.500. The van der Waals surface area contributed by atoms with Gasteiger partial charge in [0.1, 0.15) is 0 Å². The van der Waals surface area contributed by atoms with E-state index in [1.54, 1.807) is 0 Å². The zero-order chi connectivity index (χ0) is 12.6. The average Bonchev–Trinajstić information content (AvgIpc) is 2.76. The minimum atomic E-state index is 0.0117. The van der Waals surface area contributed by atoms with Gasteiger partial charge in [0.25, 0.3) is 0 Å². The summed E-state index contributed by atoms with van der Waals surface area (Å²) in [7, 11) is 0. The molecule has 1 aromatic carbocycles. The summed E-state index contributed by atoms with van der Waals surface area (Å²) in [6.07, 6.45) is 6.74. The Balaban J connectivity index is 1.76. The Morgan fingerprint density at radius 1 is 1.28 bits per heavy atom. The molecule has 0 unspecified atom stereocenters. The molecule has 1 heterocycles. The van der Waals surface area contributed by atoms with E-state index in [0.717, 1.165) is 25.9 Å². The van der Waals surface area contributed by atoms with Crippen LogP contribution < -0.4 is 5.73 Å². The summed E-state index contributed by atoms with van der Waals surface area (Å²) in [5, 5.41) is 0. The smallest absolute Gasteiger partial charge is 0.0362 e. The highest BCUT2D eigenvalue weighted by atomic mass is 15.2. The maximum absolute atomic E-state index is 6.58. The summed E-state index contributed by atoms with van der Waals surface area (Å²) in [5.74, 6) is 0.633. The van der Waals surface area contributed by atoms with Gasteiger partial charge >= 0.3 is 0 Å². The van der Waals surface area contributed by atoms with Gasteiger partial charge in [-0.05, 0) is 31.2 Å². The molecule has 1 aliphatic heterocycles. The lowest BCUT2D eigenvalue weighted by Crippen LogP contribution is -2.48. The molecule has 3 rings (SSSR count). The number of hydrogen-bond acceptors (Lipinski definition) is 2.